The highest BCUT2D eigenvalue weighted by Crippen LogP contribution is 2.28. The number of nitrogens with zero attached hydrogens (tertiary/aromatic N) is 4. The Hall–Kier alpha value is -3.13. The predicted molar refractivity (Wildman–Crippen MR) is 113 cm³/mol. The maximum atomic E-state index is 14.0. The number of carbonyl (C=O) groups is 1. The molecular weight excluding hydrogens is 439 g/mol. The maximum Gasteiger partial charge on any atom is 0.265 e. The standard InChI is InChI=1S/C21H17FN4O3S2/c22-17-7-3-2-6-16(17)20-24-14-18(30-20)21(27)25-9-11-26(12-10-25)31(28,29)19-8-4-1-5-15(19)13-23/h1-8,14H,9-12H2. The fourth-order valence-electron chi connectivity index (χ4n) is 3.34. The van der Waals surface area contributed by atoms with Gasteiger partial charge in [-0.2, -0.15) is 9.57 Å². The van der Waals surface area contributed by atoms with Gasteiger partial charge in [0, 0.05) is 31.7 Å². The van der Waals surface area contributed by atoms with Crippen LogP contribution in [0.2, 0.25) is 0 Å². The fraction of sp³-hybridized carbons (Fsp3) is 0.190. The first-order valence-corrected chi connectivity index (χ1v) is 11.7. The lowest BCUT2D eigenvalue weighted by molar-refractivity contribution is 0.0702. The molecule has 1 aliphatic heterocycles. The van der Waals surface area contributed by atoms with Crippen LogP contribution >= 0.6 is 11.3 Å². The summed E-state index contributed by atoms with van der Waals surface area (Å²) in [6.07, 6.45) is 1.42. The van der Waals surface area contributed by atoms with Gasteiger partial charge < -0.3 is 4.90 Å². The van der Waals surface area contributed by atoms with Crippen molar-refractivity contribution in [1.82, 2.24) is 14.2 Å². The van der Waals surface area contributed by atoms with E-state index in [9.17, 15) is 22.9 Å². The second kappa shape index (κ2) is 8.55. The summed E-state index contributed by atoms with van der Waals surface area (Å²) in [4.78, 5) is 18.9. The molecule has 7 nitrogen and oxygen atoms in total. The molecule has 31 heavy (non-hydrogen) atoms. The summed E-state index contributed by atoms with van der Waals surface area (Å²) in [6, 6.07) is 14.2. The summed E-state index contributed by atoms with van der Waals surface area (Å²) in [7, 11) is -3.83. The Kier molecular flexibility index (Phi) is 5.82. The Labute approximate surface area is 183 Å². The van der Waals surface area contributed by atoms with Crippen LogP contribution in [0.1, 0.15) is 15.2 Å². The Morgan fingerprint density at radius 3 is 2.45 bits per heavy atom. The largest absolute Gasteiger partial charge is 0.335 e. The summed E-state index contributed by atoms with van der Waals surface area (Å²) >= 11 is 1.10. The Bertz CT molecular complexity index is 1280. The Morgan fingerprint density at radius 2 is 1.74 bits per heavy atom. The SMILES string of the molecule is N#Cc1ccccc1S(=O)(=O)N1CCN(C(=O)c2cnc(-c3ccccc3F)s2)CC1. The van der Waals surface area contributed by atoms with Crippen molar-refractivity contribution in [2.24, 2.45) is 0 Å². The molecule has 3 aromatic rings. The van der Waals surface area contributed by atoms with Crippen LogP contribution in [0.4, 0.5) is 4.39 Å². The molecular formula is C21H17FN4O3S2. The summed E-state index contributed by atoms with van der Waals surface area (Å²) in [5.41, 5.74) is 0.421. The number of sulfonamides is 1. The van der Waals surface area contributed by atoms with Crippen molar-refractivity contribution in [3.63, 3.8) is 0 Å². The van der Waals surface area contributed by atoms with Gasteiger partial charge in [0.25, 0.3) is 5.91 Å². The monoisotopic (exact) mass is 456 g/mol. The number of nitriles is 1. The summed E-state index contributed by atoms with van der Waals surface area (Å²) in [5.74, 6) is -0.679. The third-order valence-corrected chi connectivity index (χ3v) is 7.95. The molecule has 0 unspecified atom stereocenters. The van der Waals surface area contributed by atoms with E-state index in [-0.39, 0.29) is 42.5 Å². The van der Waals surface area contributed by atoms with Gasteiger partial charge in [0.15, 0.2) is 0 Å². The van der Waals surface area contributed by atoms with Crippen LogP contribution in [0, 0.1) is 17.1 Å². The minimum absolute atomic E-state index is 0.0331. The van der Waals surface area contributed by atoms with E-state index in [0.29, 0.717) is 15.4 Å². The van der Waals surface area contributed by atoms with Crippen LogP contribution in [0.15, 0.2) is 59.6 Å². The minimum Gasteiger partial charge on any atom is -0.335 e. The van der Waals surface area contributed by atoms with Gasteiger partial charge in [-0.15, -0.1) is 11.3 Å². The zero-order valence-corrected chi connectivity index (χ0v) is 17.9. The van der Waals surface area contributed by atoms with Crippen LogP contribution in [-0.2, 0) is 10.0 Å². The molecule has 1 aromatic heterocycles. The summed E-state index contributed by atoms with van der Waals surface area (Å²) < 4.78 is 41.1. The highest BCUT2D eigenvalue weighted by Gasteiger charge is 2.32. The lowest BCUT2D eigenvalue weighted by Crippen LogP contribution is -2.50. The van der Waals surface area contributed by atoms with E-state index in [4.69, 9.17) is 0 Å². The van der Waals surface area contributed by atoms with Crippen molar-refractivity contribution < 1.29 is 17.6 Å². The molecule has 1 aliphatic rings. The van der Waals surface area contributed by atoms with Crippen molar-refractivity contribution >= 4 is 27.3 Å². The van der Waals surface area contributed by atoms with Gasteiger partial charge in [-0.3, -0.25) is 4.79 Å². The van der Waals surface area contributed by atoms with E-state index in [1.54, 1.807) is 35.2 Å². The highest BCUT2D eigenvalue weighted by molar-refractivity contribution is 7.89. The van der Waals surface area contributed by atoms with Crippen molar-refractivity contribution in [1.29, 1.82) is 5.26 Å². The number of hydrogen-bond donors (Lipinski definition) is 0. The van der Waals surface area contributed by atoms with E-state index in [0.717, 1.165) is 11.3 Å². The van der Waals surface area contributed by atoms with Crippen LogP contribution in [0.3, 0.4) is 0 Å². The molecule has 0 atom stereocenters. The molecule has 2 heterocycles. The van der Waals surface area contributed by atoms with Gasteiger partial charge in [0.05, 0.1) is 16.7 Å². The van der Waals surface area contributed by atoms with Crippen LogP contribution in [0.25, 0.3) is 10.6 Å². The Morgan fingerprint density at radius 1 is 1.06 bits per heavy atom. The van der Waals surface area contributed by atoms with Crippen molar-refractivity contribution in [3.05, 3.63) is 71.0 Å². The molecule has 158 valence electrons. The smallest absolute Gasteiger partial charge is 0.265 e. The lowest BCUT2D eigenvalue weighted by Gasteiger charge is -2.33. The van der Waals surface area contributed by atoms with Gasteiger partial charge in [0.2, 0.25) is 10.0 Å². The van der Waals surface area contributed by atoms with Crippen molar-refractivity contribution in [2.45, 2.75) is 4.90 Å². The molecule has 0 bridgehead atoms. The molecule has 1 amide bonds. The number of thiazole rings is 1. The average Bonchev–Trinajstić information content (AvgIpc) is 3.29. The number of piperazine rings is 1. The Balaban J connectivity index is 1.46. The molecule has 0 radical (unpaired) electrons. The zero-order chi connectivity index (χ0) is 22.0. The molecule has 1 fully saturated rings. The highest BCUT2D eigenvalue weighted by atomic mass is 32.2. The molecule has 0 spiro atoms. The molecule has 1 saturated heterocycles. The first-order valence-electron chi connectivity index (χ1n) is 9.41. The number of hydrogen-bond acceptors (Lipinski definition) is 6. The molecule has 4 rings (SSSR count). The first-order chi connectivity index (χ1) is 14.9. The first kappa shape index (κ1) is 21.1. The number of rotatable bonds is 4. The topological polar surface area (TPSA) is 94.4 Å². The molecule has 2 aromatic carbocycles. The second-order valence-corrected chi connectivity index (χ2v) is 9.75. The third-order valence-electron chi connectivity index (χ3n) is 4.97. The van der Waals surface area contributed by atoms with Gasteiger partial charge >= 0.3 is 0 Å². The van der Waals surface area contributed by atoms with Crippen LogP contribution in [-0.4, -0.2) is 54.7 Å². The van der Waals surface area contributed by atoms with Gasteiger partial charge in [-0.1, -0.05) is 24.3 Å². The number of aromatic nitrogens is 1. The summed E-state index contributed by atoms with van der Waals surface area (Å²) in [5, 5.41) is 9.62. The molecule has 0 aliphatic carbocycles. The molecule has 0 saturated carbocycles. The van der Waals surface area contributed by atoms with Crippen molar-refractivity contribution in [2.75, 3.05) is 26.2 Å². The predicted octanol–water partition coefficient (Wildman–Crippen LogP) is 2.97. The number of carbonyl (C=O) groups excluding carboxylic acids is 1. The van der Waals surface area contributed by atoms with Crippen molar-refractivity contribution in [3.8, 4) is 16.6 Å². The second-order valence-electron chi connectivity index (χ2n) is 6.81. The van der Waals surface area contributed by atoms with Gasteiger partial charge in [-0.25, -0.2) is 17.8 Å². The van der Waals surface area contributed by atoms with E-state index in [2.05, 4.69) is 4.98 Å². The van der Waals surface area contributed by atoms with E-state index >= 15 is 0 Å². The van der Waals surface area contributed by atoms with Gasteiger partial charge in [0.1, 0.15) is 21.8 Å². The molecule has 0 N–H and O–H groups in total. The summed E-state index contributed by atoms with van der Waals surface area (Å²) in [6.45, 7) is 0.652. The van der Waals surface area contributed by atoms with E-state index < -0.39 is 15.8 Å². The van der Waals surface area contributed by atoms with E-state index in [1.807, 2.05) is 6.07 Å². The normalized spacial score (nSPS) is 14.9. The molecule has 10 heteroatoms. The quantitative estimate of drug-likeness (QED) is 0.602. The zero-order valence-electron chi connectivity index (χ0n) is 16.2. The number of halogens is 1. The fourth-order valence-corrected chi connectivity index (χ4v) is 5.82. The number of amides is 1. The van der Waals surface area contributed by atoms with Gasteiger partial charge in [-0.05, 0) is 24.3 Å². The van der Waals surface area contributed by atoms with E-state index in [1.165, 1.54) is 28.7 Å². The average molecular weight is 457 g/mol. The third kappa shape index (κ3) is 4.07. The number of benzene rings is 2. The lowest BCUT2D eigenvalue weighted by atomic mass is 10.2. The van der Waals surface area contributed by atoms with Crippen LogP contribution < -0.4 is 0 Å². The maximum absolute atomic E-state index is 14.0. The minimum atomic E-state index is -3.83. The van der Waals surface area contributed by atoms with Crippen LogP contribution in [0.5, 0.6) is 0 Å².